The SMILES string of the molecule is C#Cc1ccccc1C(C(=O)NCCC(=O)OCC)N(CCO)C(=O)C(CS)NC(=O)OC(C)(C)C. The second-order valence-corrected chi connectivity index (χ2v) is 8.98. The quantitative estimate of drug-likeness (QED) is 0.186. The topological polar surface area (TPSA) is 134 Å². The lowest BCUT2D eigenvalue weighted by Crippen LogP contribution is -2.54. The number of ether oxygens (including phenoxy) is 2. The molecule has 0 aliphatic carbocycles. The van der Waals surface area contributed by atoms with E-state index < -0.39 is 48.2 Å². The lowest BCUT2D eigenvalue weighted by atomic mass is 9.97. The molecule has 1 aromatic rings. The Balaban J connectivity index is 3.33. The molecule has 0 aliphatic rings. The van der Waals surface area contributed by atoms with Crippen molar-refractivity contribution in [1.29, 1.82) is 0 Å². The summed E-state index contributed by atoms with van der Waals surface area (Å²) in [5.41, 5.74) is -0.0986. The number of carbonyl (C=O) groups excluding carboxylic acids is 4. The van der Waals surface area contributed by atoms with Gasteiger partial charge in [-0.1, -0.05) is 24.1 Å². The van der Waals surface area contributed by atoms with Gasteiger partial charge in [0.25, 0.3) is 0 Å². The zero-order valence-corrected chi connectivity index (χ0v) is 22.0. The van der Waals surface area contributed by atoms with E-state index >= 15 is 0 Å². The molecule has 36 heavy (non-hydrogen) atoms. The summed E-state index contributed by atoms with van der Waals surface area (Å²) in [4.78, 5) is 52.0. The van der Waals surface area contributed by atoms with Crippen LogP contribution in [0.3, 0.4) is 0 Å². The van der Waals surface area contributed by atoms with Crippen molar-refractivity contribution < 1.29 is 33.8 Å². The molecule has 0 bridgehead atoms. The first kappa shape index (κ1) is 30.8. The third-order valence-electron chi connectivity index (χ3n) is 4.70. The summed E-state index contributed by atoms with van der Waals surface area (Å²) < 4.78 is 10.1. The van der Waals surface area contributed by atoms with Crippen molar-refractivity contribution in [2.75, 3.05) is 32.1 Å². The highest BCUT2D eigenvalue weighted by molar-refractivity contribution is 7.80. The van der Waals surface area contributed by atoms with Crippen LogP contribution in [0.25, 0.3) is 0 Å². The minimum atomic E-state index is -1.26. The average Bonchev–Trinajstić information content (AvgIpc) is 2.81. The fourth-order valence-electron chi connectivity index (χ4n) is 3.24. The van der Waals surface area contributed by atoms with E-state index in [4.69, 9.17) is 15.9 Å². The van der Waals surface area contributed by atoms with Crippen LogP contribution in [-0.2, 0) is 23.9 Å². The van der Waals surface area contributed by atoms with E-state index in [9.17, 15) is 24.3 Å². The number of amides is 3. The molecule has 0 aromatic heterocycles. The van der Waals surface area contributed by atoms with E-state index in [1.165, 1.54) is 0 Å². The van der Waals surface area contributed by atoms with Gasteiger partial charge < -0.3 is 30.1 Å². The summed E-state index contributed by atoms with van der Waals surface area (Å²) >= 11 is 4.18. The van der Waals surface area contributed by atoms with Crippen LogP contribution in [0.4, 0.5) is 4.79 Å². The standard InChI is InChI=1S/C25H35N3O7S/c1-6-17-10-8-9-11-18(17)21(22(31)26-13-12-20(30)34-7-2)28(14-15-29)23(32)19(16-36)27-24(33)35-25(3,4)5/h1,8-11,19,21,29,36H,7,12-16H2,2-5H3,(H,26,31)(H,27,33). The van der Waals surface area contributed by atoms with Crippen molar-refractivity contribution in [3.63, 3.8) is 0 Å². The number of alkyl carbamates (subject to hydrolysis) is 1. The van der Waals surface area contributed by atoms with Crippen molar-refractivity contribution in [3.8, 4) is 12.3 Å². The Labute approximate surface area is 217 Å². The Kier molecular flexibility index (Phi) is 12.8. The molecule has 3 N–H and O–H groups in total. The van der Waals surface area contributed by atoms with Crippen LogP contribution in [-0.4, -0.2) is 77.6 Å². The van der Waals surface area contributed by atoms with Gasteiger partial charge >= 0.3 is 12.1 Å². The van der Waals surface area contributed by atoms with Crippen molar-refractivity contribution >= 4 is 36.5 Å². The minimum Gasteiger partial charge on any atom is -0.466 e. The number of thiol groups is 1. The second kappa shape index (κ2) is 15.0. The van der Waals surface area contributed by atoms with Crippen LogP contribution in [0, 0.1) is 12.3 Å². The molecule has 0 saturated carbocycles. The van der Waals surface area contributed by atoms with Gasteiger partial charge in [0.15, 0.2) is 0 Å². The number of esters is 1. The Morgan fingerprint density at radius 1 is 1.22 bits per heavy atom. The van der Waals surface area contributed by atoms with Crippen molar-refractivity contribution in [3.05, 3.63) is 35.4 Å². The molecule has 0 saturated heterocycles. The number of hydrogen-bond donors (Lipinski definition) is 4. The van der Waals surface area contributed by atoms with Crippen LogP contribution in [0.1, 0.15) is 51.3 Å². The summed E-state index contributed by atoms with van der Waals surface area (Å²) in [6, 6.07) is 4.13. The van der Waals surface area contributed by atoms with Crippen molar-refractivity contribution in [1.82, 2.24) is 15.5 Å². The number of terminal acetylenes is 1. The normalized spacial score (nSPS) is 12.5. The van der Waals surface area contributed by atoms with Crippen LogP contribution >= 0.6 is 12.6 Å². The number of nitrogens with zero attached hydrogens (tertiary/aromatic N) is 1. The first-order valence-corrected chi connectivity index (χ1v) is 12.1. The molecule has 1 rings (SSSR count). The lowest BCUT2D eigenvalue weighted by Gasteiger charge is -2.34. The number of carbonyl (C=O) groups is 4. The van der Waals surface area contributed by atoms with Crippen LogP contribution < -0.4 is 10.6 Å². The Hall–Kier alpha value is -3.23. The Bertz CT molecular complexity index is 956. The van der Waals surface area contributed by atoms with E-state index in [2.05, 4.69) is 29.2 Å². The maximum atomic E-state index is 13.5. The molecule has 198 valence electrons. The lowest BCUT2D eigenvalue weighted by molar-refractivity contribution is -0.144. The molecule has 0 fully saturated rings. The number of rotatable bonds is 12. The zero-order chi connectivity index (χ0) is 27.3. The van der Waals surface area contributed by atoms with Gasteiger partial charge in [-0.25, -0.2) is 4.79 Å². The molecule has 0 heterocycles. The second-order valence-electron chi connectivity index (χ2n) is 8.62. The monoisotopic (exact) mass is 521 g/mol. The largest absolute Gasteiger partial charge is 0.466 e. The summed E-state index contributed by atoms with van der Waals surface area (Å²) in [7, 11) is 0. The van der Waals surface area contributed by atoms with E-state index in [0.29, 0.717) is 11.1 Å². The minimum absolute atomic E-state index is 0.0420. The zero-order valence-electron chi connectivity index (χ0n) is 21.1. The molecular weight excluding hydrogens is 486 g/mol. The number of aliphatic hydroxyl groups is 1. The van der Waals surface area contributed by atoms with Crippen LogP contribution in [0.2, 0.25) is 0 Å². The fraction of sp³-hybridized carbons (Fsp3) is 0.520. The molecule has 0 radical (unpaired) electrons. The summed E-state index contributed by atoms with van der Waals surface area (Å²) in [6.45, 7) is 6.15. The van der Waals surface area contributed by atoms with Gasteiger partial charge in [0.05, 0.1) is 19.6 Å². The summed E-state index contributed by atoms with van der Waals surface area (Å²) in [5, 5.41) is 14.8. The van der Waals surface area contributed by atoms with Gasteiger partial charge in [0.1, 0.15) is 17.7 Å². The first-order valence-electron chi connectivity index (χ1n) is 11.5. The molecule has 0 aliphatic heterocycles. The smallest absolute Gasteiger partial charge is 0.408 e. The van der Waals surface area contributed by atoms with Gasteiger partial charge in [0.2, 0.25) is 11.8 Å². The molecular formula is C25H35N3O7S. The fourth-order valence-corrected chi connectivity index (χ4v) is 3.49. The predicted molar refractivity (Wildman–Crippen MR) is 137 cm³/mol. The number of benzene rings is 1. The Morgan fingerprint density at radius 3 is 2.44 bits per heavy atom. The van der Waals surface area contributed by atoms with E-state index in [0.717, 1.165) is 4.90 Å². The summed E-state index contributed by atoms with van der Waals surface area (Å²) in [6.07, 6.45) is 4.73. The summed E-state index contributed by atoms with van der Waals surface area (Å²) in [5.74, 6) is 0.604. The molecule has 1 aromatic carbocycles. The Morgan fingerprint density at radius 2 is 1.89 bits per heavy atom. The maximum Gasteiger partial charge on any atom is 0.408 e. The molecule has 3 amide bonds. The third-order valence-corrected chi connectivity index (χ3v) is 5.07. The van der Waals surface area contributed by atoms with E-state index in [1.54, 1.807) is 52.0 Å². The predicted octanol–water partition coefficient (Wildman–Crippen LogP) is 1.42. The van der Waals surface area contributed by atoms with E-state index in [-0.39, 0.29) is 31.9 Å². The highest BCUT2D eigenvalue weighted by Gasteiger charge is 2.36. The molecule has 2 unspecified atom stereocenters. The maximum absolute atomic E-state index is 13.5. The van der Waals surface area contributed by atoms with Gasteiger partial charge in [0, 0.05) is 24.4 Å². The van der Waals surface area contributed by atoms with E-state index in [1.807, 2.05) is 0 Å². The number of nitrogens with one attached hydrogen (secondary N) is 2. The first-order chi connectivity index (χ1) is 17.0. The average molecular weight is 522 g/mol. The third kappa shape index (κ3) is 9.79. The van der Waals surface area contributed by atoms with Crippen LogP contribution in [0.5, 0.6) is 0 Å². The molecule has 11 heteroatoms. The highest BCUT2D eigenvalue weighted by Crippen LogP contribution is 2.25. The number of hydrogen-bond acceptors (Lipinski definition) is 8. The molecule has 0 spiro atoms. The molecule has 2 atom stereocenters. The van der Waals surface area contributed by atoms with Gasteiger partial charge in [-0.3, -0.25) is 14.4 Å². The van der Waals surface area contributed by atoms with Crippen molar-refractivity contribution in [2.24, 2.45) is 0 Å². The van der Waals surface area contributed by atoms with Gasteiger partial charge in [-0.05, 0) is 39.3 Å². The van der Waals surface area contributed by atoms with Gasteiger partial charge in [-0.2, -0.15) is 12.6 Å². The highest BCUT2D eigenvalue weighted by atomic mass is 32.1. The number of aliphatic hydroxyl groups excluding tert-OH is 1. The van der Waals surface area contributed by atoms with Gasteiger partial charge in [-0.15, -0.1) is 6.42 Å². The molecule has 10 nitrogen and oxygen atoms in total. The van der Waals surface area contributed by atoms with Crippen molar-refractivity contribution in [2.45, 2.75) is 51.8 Å². The van der Waals surface area contributed by atoms with Crippen LogP contribution in [0.15, 0.2) is 24.3 Å².